The van der Waals surface area contributed by atoms with Crippen LogP contribution in [0.4, 0.5) is 15.8 Å². The molecule has 26 heavy (non-hydrogen) atoms. The number of aliphatic hydroxyl groups excluding tert-OH is 1. The van der Waals surface area contributed by atoms with Gasteiger partial charge >= 0.3 is 0 Å². The second kappa shape index (κ2) is 7.73. The number of aliphatic hydroxyl groups is 1. The molecule has 0 unspecified atom stereocenters. The van der Waals surface area contributed by atoms with Gasteiger partial charge in [0.05, 0.1) is 47.7 Å². The molecular formula is C16H13BClFN4O3. The molecule has 0 fully saturated rings. The van der Waals surface area contributed by atoms with E-state index in [1.54, 1.807) is 12.1 Å². The highest BCUT2D eigenvalue weighted by atomic mass is 35.5. The van der Waals surface area contributed by atoms with Crippen LogP contribution >= 0.6 is 11.6 Å². The number of pyridine rings is 1. The van der Waals surface area contributed by atoms with Gasteiger partial charge < -0.3 is 14.8 Å². The summed E-state index contributed by atoms with van der Waals surface area (Å²) in [6, 6.07) is 4.76. The monoisotopic (exact) mass is 374 g/mol. The molecule has 2 aromatic heterocycles. The average Bonchev–Trinajstić information content (AvgIpc) is 3.05. The summed E-state index contributed by atoms with van der Waals surface area (Å²) in [6.45, 7) is -0.425. The fourth-order valence-electron chi connectivity index (χ4n) is 2.36. The van der Waals surface area contributed by atoms with Crippen LogP contribution in [0.3, 0.4) is 0 Å². The van der Waals surface area contributed by atoms with Gasteiger partial charge in [0, 0.05) is 6.20 Å². The number of carbonyl (C=O) groups is 1. The van der Waals surface area contributed by atoms with Crippen molar-refractivity contribution in [3.63, 3.8) is 0 Å². The Hall–Kier alpha value is -2.62. The summed E-state index contributed by atoms with van der Waals surface area (Å²) in [5, 5.41) is 12.0. The van der Waals surface area contributed by atoms with Crippen molar-refractivity contribution < 1.29 is 19.1 Å². The lowest BCUT2D eigenvalue weighted by atomic mass is 9.96. The third-order valence-corrected chi connectivity index (χ3v) is 3.81. The molecular weight excluding hydrogens is 361 g/mol. The number of hydroxylamine groups is 1. The molecule has 0 saturated heterocycles. The number of carbonyl (C=O) groups excluding carboxylic acids is 1. The fourth-order valence-corrected chi connectivity index (χ4v) is 2.60. The van der Waals surface area contributed by atoms with Crippen LogP contribution < -0.4 is 16.3 Å². The normalized spacial score (nSPS) is 10.9. The summed E-state index contributed by atoms with van der Waals surface area (Å²) in [5.41, 5.74) is 3.29. The number of fused-ring (bicyclic) bond motifs is 1. The van der Waals surface area contributed by atoms with E-state index in [-0.39, 0.29) is 24.5 Å². The van der Waals surface area contributed by atoms with Crippen molar-refractivity contribution in [1.82, 2.24) is 14.9 Å². The first-order chi connectivity index (χ1) is 12.5. The highest BCUT2D eigenvalue weighted by Gasteiger charge is 2.22. The van der Waals surface area contributed by atoms with Crippen molar-refractivity contribution in [2.75, 3.05) is 18.5 Å². The largest absolute Gasteiger partial charge is 0.394 e. The van der Waals surface area contributed by atoms with Crippen LogP contribution in [0.1, 0.15) is 10.4 Å². The zero-order valence-corrected chi connectivity index (χ0v) is 14.1. The van der Waals surface area contributed by atoms with Crippen molar-refractivity contribution in [3.8, 4) is 0 Å². The van der Waals surface area contributed by atoms with Crippen molar-refractivity contribution in [3.05, 3.63) is 53.3 Å². The maximum absolute atomic E-state index is 14.6. The number of amides is 1. The molecule has 3 rings (SSSR count). The lowest BCUT2D eigenvalue weighted by Gasteiger charge is -2.16. The molecule has 7 nitrogen and oxygen atoms in total. The second-order valence-corrected chi connectivity index (χ2v) is 5.69. The molecule has 0 aliphatic carbocycles. The van der Waals surface area contributed by atoms with Gasteiger partial charge in [0.25, 0.3) is 5.91 Å². The first-order valence-corrected chi connectivity index (χ1v) is 7.88. The van der Waals surface area contributed by atoms with Crippen molar-refractivity contribution in [1.29, 1.82) is 0 Å². The summed E-state index contributed by atoms with van der Waals surface area (Å²) < 4.78 is 16.0. The van der Waals surface area contributed by atoms with E-state index in [4.69, 9.17) is 29.4 Å². The van der Waals surface area contributed by atoms with Crippen molar-refractivity contribution in [2.24, 2.45) is 0 Å². The lowest BCUT2D eigenvalue weighted by molar-refractivity contribution is 0.0166. The molecule has 2 radical (unpaired) electrons. The van der Waals surface area contributed by atoms with E-state index in [0.717, 1.165) is 6.20 Å². The van der Waals surface area contributed by atoms with E-state index in [1.165, 1.54) is 23.0 Å². The molecule has 132 valence electrons. The third kappa shape index (κ3) is 3.64. The molecule has 3 aromatic rings. The number of hydrogen-bond donors (Lipinski definition) is 3. The molecule has 0 saturated carbocycles. The molecule has 0 aliphatic heterocycles. The van der Waals surface area contributed by atoms with E-state index >= 15 is 0 Å². The van der Waals surface area contributed by atoms with E-state index in [0.29, 0.717) is 21.7 Å². The van der Waals surface area contributed by atoms with Crippen LogP contribution in [0.5, 0.6) is 0 Å². The standard InChI is InChI=1S/C16H13BClFN4O3/c17-9-1-2-12(10(18)5-9)21-15-13-6-20-8-23(13)7-11(19)14(15)16(25)22-26-4-3-24/h1-2,5-8,21,24H,3-4H2,(H,22,25). The zero-order chi connectivity index (χ0) is 18.7. The van der Waals surface area contributed by atoms with Gasteiger partial charge in [-0.05, 0) is 12.1 Å². The number of anilines is 2. The highest BCUT2D eigenvalue weighted by Crippen LogP contribution is 2.31. The molecule has 0 bridgehead atoms. The minimum absolute atomic E-state index is 0.130. The molecule has 0 spiro atoms. The SMILES string of the molecule is [B]c1ccc(Nc2c(C(=O)NOCCO)c(F)cn3cncc23)c(Cl)c1. The van der Waals surface area contributed by atoms with Crippen LogP contribution in [0.15, 0.2) is 36.9 Å². The van der Waals surface area contributed by atoms with E-state index in [9.17, 15) is 9.18 Å². The lowest BCUT2D eigenvalue weighted by Crippen LogP contribution is -2.27. The Morgan fingerprint density at radius 3 is 3.00 bits per heavy atom. The van der Waals surface area contributed by atoms with Gasteiger partial charge in [-0.3, -0.25) is 9.63 Å². The summed E-state index contributed by atoms with van der Waals surface area (Å²) in [4.78, 5) is 21.1. The number of aromatic nitrogens is 2. The zero-order valence-electron chi connectivity index (χ0n) is 13.4. The maximum atomic E-state index is 14.6. The van der Waals surface area contributed by atoms with Gasteiger partial charge in [-0.25, -0.2) is 14.9 Å². The predicted molar refractivity (Wildman–Crippen MR) is 95.8 cm³/mol. The first kappa shape index (κ1) is 18.2. The molecule has 1 aromatic carbocycles. The number of hydrogen-bond acceptors (Lipinski definition) is 5. The summed E-state index contributed by atoms with van der Waals surface area (Å²) in [5.74, 6) is -1.62. The van der Waals surface area contributed by atoms with Gasteiger partial charge in [0.1, 0.15) is 13.4 Å². The summed E-state index contributed by atoms with van der Waals surface area (Å²) >= 11 is 6.17. The molecule has 0 atom stereocenters. The highest BCUT2D eigenvalue weighted by molar-refractivity contribution is 6.37. The third-order valence-electron chi connectivity index (χ3n) is 3.50. The number of nitrogens with one attached hydrogen (secondary N) is 2. The number of nitrogens with zero attached hydrogens (tertiary/aromatic N) is 2. The number of rotatable bonds is 6. The van der Waals surface area contributed by atoms with Crippen LogP contribution in [-0.4, -0.2) is 41.5 Å². The summed E-state index contributed by atoms with van der Waals surface area (Å²) in [6.07, 6.45) is 4.00. The summed E-state index contributed by atoms with van der Waals surface area (Å²) in [7, 11) is 5.68. The Kier molecular flexibility index (Phi) is 5.41. The Morgan fingerprint density at radius 2 is 2.27 bits per heavy atom. The maximum Gasteiger partial charge on any atom is 0.280 e. The van der Waals surface area contributed by atoms with Gasteiger partial charge in [-0.2, -0.15) is 0 Å². The van der Waals surface area contributed by atoms with Gasteiger partial charge in [0.15, 0.2) is 5.82 Å². The van der Waals surface area contributed by atoms with Crippen molar-refractivity contribution in [2.45, 2.75) is 0 Å². The number of halogens is 2. The van der Waals surface area contributed by atoms with E-state index in [1.807, 2.05) is 0 Å². The quantitative estimate of drug-likeness (QED) is 0.344. The Bertz CT molecular complexity index is 966. The Labute approximate surface area is 154 Å². The van der Waals surface area contributed by atoms with Crippen LogP contribution in [0.2, 0.25) is 5.02 Å². The number of imidazole rings is 1. The Morgan fingerprint density at radius 1 is 1.46 bits per heavy atom. The fraction of sp³-hybridized carbons (Fsp3) is 0.125. The predicted octanol–water partition coefficient (Wildman–Crippen LogP) is 1.32. The smallest absolute Gasteiger partial charge is 0.280 e. The molecule has 0 aliphatic rings. The van der Waals surface area contributed by atoms with Gasteiger partial charge in [-0.1, -0.05) is 23.1 Å². The van der Waals surface area contributed by atoms with E-state index < -0.39 is 11.7 Å². The van der Waals surface area contributed by atoms with E-state index in [2.05, 4.69) is 15.8 Å². The Balaban J connectivity index is 2.07. The minimum atomic E-state index is -0.825. The van der Waals surface area contributed by atoms with Crippen LogP contribution in [0.25, 0.3) is 5.52 Å². The van der Waals surface area contributed by atoms with Gasteiger partial charge in [0.2, 0.25) is 0 Å². The van der Waals surface area contributed by atoms with Crippen LogP contribution in [-0.2, 0) is 4.84 Å². The molecule has 2 heterocycles. The minimum Gasteiger partial charge on any atom is -0.394 e. The number of benzene rings is 1. The topological polar surface area (TPSA) is 87.9 Å². The molecule has 1 amide bonds. The molecule has 10 heteroatoms. The van der Waals surface area contributed by atoms with Gasteiger partial charge in [-0.15, -0.1) is 0 Å². The second-order valence-electron chi connectivity index (χ2n) is 5.28. The van der Waals surface area contributed by atoms with Crippen LogP contribution in [0, 0.1) is 5.82 Å². The first-order valence-electron chi connectivity index (χ1n) is 7.50. The molecule has 3 N–H and O–H groups in total. The van der Waals surface area contributed by atoms with Crippen molar-refractivity contribution >= 4 is 47.7 Å². The average molecular weight is 375 g/mol.